The first-order valence-electron chi connectivity index (χ1n) is 9.25. The Morgan fingerprint density at radius 1 is 1.00 bits per heavy atom. The van der Waals surface area contributed by atoms with E-state index in [4.69, 9.17) is 0 Å². The summed E-state index contributed by atoms with van der Waals surface area (Å²) in [6, 6.07) is 20.8. The summed E-state index contributed by atoms with van der Waals surface area (Å²) in [5.41, 5.74) is 2.60. The molecule has 5 nitrogen and oxygen atoms in total. The number of hydrogen-bond acceptors (Lipinski definition) is 5. The lowest BCUT2D eigenvalue weighted by atomic mass is 10.0. The largest absolute Gasteiger partial charge is 0.359 e. The predicted molar refractivity (Wildman–Crippen MR) is 117 cm³/mol. The summed E-state index contributed by atoms with van der Waals surface area (Å²) in [7, 11) is 0. The van der Waals surface area contributed by atoms with Gasteiger partial charge in [0, 0.05) is 34.6 Å². The van der Waals surface area contributed by atoms with Gasteiger partial charge in [0.25, 0.3) is 5.91 Å². The minimum absolute atomic E-state index is 0.128. The smallest absolute Gasteiger partial charge is 0.256 e. The molecular formula is C23H20N4OS. The molecular weight excluding hydrogens is 380 g/mol. The zero-order valence-electron chi connectivity index (χ0n) is 15.9. The van der Waals surface area contributed by atoms with Crippen LogP contribution in [0.3, 0.4) is 0 Å². The van der Waals surface area contributed by atoms with Crippen molar-refractivity contribution in [3.8, 4) is 0 Å². The minimum Gasteiger partial charge on any atom is -0.359 e. The molecule has 0 aliphatic rings. The van der Waals surface area contributed by atoms with Crippen LogP contribution in [0.4, 0.5) is 10.8 Å². The average Bonchev–Trinajstić information content (AvgIpc) is 3.13. The van der Waals surface area contributed by atoms with Crippen LogP contribution < -0.4 is 10.6 Å². The van der Waals surface area contributed by atoms with Crippen LogP contribution in [-0.2, 0) is 0 Å². The maximum atomic E-state index is 12.7. The molecule has 0 aliphatic carbocycles. The van der Waals surface area contributed by atoms with Crippen LogP contribution in [-0.4, -0.2) is 15.9 Å². The molecule has 0 fully saturated rings. The molecule has 1 aromatic carbocycles. The molecule has 3 heterocycles. The normalized spacial score (nSPS) is 11.6. The molecule has 6 heteroatoms. The Kier molecular flexibility index (Phi) is 5.63. The Morgan fingerprint density at radius 3 is 2.55 bits per heavy atom. The predicted octanol–water partition coefficient (Wildman–Crippen LogP) is 5.30. The fourth-order valence-electron chi connectivity index (χ4n) is 3.09. The number of thiophene rings is 1. The van der Waals surface area contributed by atoms with Crippen molar-refractivity contribution in [3.63, 3.8) is 0 Å². The van der Waals surface area contributed by atoms with E-state index < -0.39 is 0 Å². The summed E-state index contributed by atoms with van der Waals surface area (Å²) in [4.78, 5) is 22.5. The molecule has 0 saturated heterocycles. The number of carbonyl (C=O) groups excluding carboxylic acids is 1. The van der Waals surface area contributed by atoms with Crippen LogP contribution >= 0.6 is 11.3 Å². The molecule has 0 radical (unpaired) electrons. The van der Waals surface area contributed by atoms with Gasteiger partial charge in [-0.1, -0.05) is 30.3 Å². The van der Waals surface area contributed by atoms with Gasteiger partial charge in [-0.25, -0.2) is 4.98 Å². The number of benzene rings is 1. The summed E-state index contributed by atoms with van der Waals surface area (Å²) in [6.45, 7) is 2.04. The van der Waals surface area contributed by atoms with Crippen molar-refractivity contribution >= 4 is 28.1 Å². The van der Waals surface area contributed by atoms with Crippen LogP contribution in [0.25, 0.3) is 0 Å². The molecule has 3 aromatic heterocycles. The standard InChI is InChI=1S/C23H20N4OS/c1-16-14-19(23(29-16)27-22(28)17-8-3-2-4-9-17)21(18-10-7-12-24-15-18)26-20-11-5-6-13-25-20/h2-15,21H,1H3,(H,25,26)(H,27,28)/t21-/m0/s1. The van der Waals surface area contributed by atoms with Crippen molar-refractivity contribution in [1.82, 2.24) is 9.97 Å². The number of nitrogens with one attached hydrogen (secondary N) is 2. The van der Waals surface area contributed by atoms with Crippen molar-refractivity contribution in [2.75, 3.05) is 10.6 Å². The SMILES string of the molecule is Cc1cc([C@@H](Nc2ccccn2)c2cccnc2)c(NC(=O)c2ccccc2)s1. The van der Waals surface area contributed by atoms with Crippen molar-refractivity contribution in [3.05, 3.63) is 107 Å². The molecule has 0 saturated carbocycles. The van der Waals surface area contributed by atoms with E-state index in [2.05, 4.69) is 26.7 Å². The summed E-state index contributed by atoms with van der Waals surface area (Å²) in [6.07, 6.45) is 5.33. The highest BCUT2D eigenvalue weighted by Crippen LogP contribution is 2.37. The van der Waals surface area contributed by atoms with Gasteiger partial charge < -0.3 is 10.6 Å². The molecule has 0 aliphatic heterocycles. The highest BCUT2D eigenvalue weighted by Gasteiger charge is 2.22. The van der Waals surface area contributed by atoms with E-state index >= 15 is 0 Å². The van der Waals surface area contributed by atoms with Crippen LogP contribution in [0.1, 0.15) is 32.4 Å². The van der Waals surface area contributed by atoms with E-state index in [0.29, 0.717) is 5.56 Å². The minimum atomic E-state index is -0.199. The fourth-order valence-corrected chi connectivity index (χ4v) is 4.04. The first-order chi connectivity index (χ1) is 14.2. The third-order valence-corrected chi connectivity index (χ3v) is 5.41. The van der Waals surface area contributed by atoms with Gasteiger partial charge in [-0.05, 0) is 48.9 Å². The third-order valence-electron chi connectivity index (χ3n) is 4.43. The maximum Gasteiger partial charge on any atom is 0.256 e. The molecule has 144 valence electrons. The lowest BCUT2D eigenvalue weighted by molar-refractivity contribution is 0.102. The number of rotatable bonds is 6. The molecule has 4 aromatic rings. The highest BCUT2D eigenvalue weighted by atomic mass is 32.1. The summed E-state index contributed by atoms with van der Waals surface area (Å²) in [5, 5.41) is 7.38. The Morgan fingerprint density at radius 2 is 1.83 bits per heavy atom. The van der Waals surface area contributed by atoms with Gasteiger partial charge in [-0.15, -0.1) is 11.3 Å². The Bertz CT molecular complexity index is 1080. The van der Waals surface area contributed by atoms with Gasteiger partial charge in [0.1, 0.15) is 10.8 Å². The number of amides is 1. The lowest BCUT2D eigenvalue weighted by Crippen LogP contribution is -2.17. The quantitative estimate of drug-likeness (QED) is 0.461. The number of hydrogen-bond donors (Lipinski definition) is 2. The van der Waals surface area contributed by atoms with E-state index in [1.165, 1.54) is 0 Å². The van der Waals surface area contributed by atoms with Gasteiger partial charge in [-0.2, -0.15) is 0 Å². The molecule has 0 spiro atoms. The van der Waals surface area contributed by atoms with E-state index in [1.807, 2.05) is 61.7 Å². The number of pyridine rings is 2. The van der Waals surface area contributed by atoms with E-state index in [-0.39, 0.29) is 11.9 Å². The van der Waals surface area contributed by atoms with Crippen LogP contribution in [0.2, 0.25) is 0 Å². The monoisotopic (exact) mass is 400 g/mol. The summed E-state index contributed by atoms with van der Waals surface area (Å²) in [5.74, 6) is 0.627. The van der Waals surface area contributed by atoms with E-state index in [0.717, 1.165) is 26.8 Å². The molecule has 4 rings (SSSR count). The Balaban J connectivity index is 1.70. The second-order valence-electron chi connectivity index (χ2n) is 6.54. The van der Waals surface area contributed by atoms with Gasteiger partial charge in [0.05, 0.1) is 6.04 Å². The summed E-state index contributed by atoms with van der Waals surface area (Å²) >= 11 is 1.56. The van der Waals surface area contributed by atoms with Gasteiger partial charge in [0.15, 0.2) is 0 Å². The van der Waals surface area contributed by atoms with Crippen molar-refractivity contribution in [2.45, 2.75) is 13.0 Å². The third kappa shape index (κ3) is 4.50. The zero-order chi connectivity index (χ0) is 20.1. The van der Waals surface area contributed by atoms with Crippen molar-refractivity contribution in [2.24, 2.45) is 0 Å². The molecule has 29 heavy (non-hydrogen) atoms. The zero-order valence-corrected chi connectivity index (χ0v) is 16.7. The Labute approximate surface area is 173 Å². The van der Waals surface area contributed by atoms with E-state index in [9.17, 15) is 4.79 Å². The van der Waals surface area contributed by atoms with Gasteiger partial charge >= 0.3 is 0 Å². The molecule has 0 unspecified atom stereocenters. The second-order valence-corrected chi connectivity index (χ2v) is 7.80. The fraction of sp³-hybridized carbons (Fsp3) is 0.0870. The Hall–Kier alpha value is -3.51. The molecule has 1 atom stereocenters. The average molecular weight is 401 g/mol. The summed E-state index contributed by atoms with van der Waals surface area (Å²) < 4.78 is 0. The maximum absolute atomic E-state index is 12.7. The van der Waals surface area contributed by atoms with Crippen molar-refractivity contribution < 1.29 is 4.79 Å². The number of carbonyl (C=O) groups is 1. The van der Waals surface area contributed by atoms with Crippen LogP contribution in [0.5, 0.6) is 0 Å². The number of anilines is 2. The molecule has 2 N–H and O–H groups in total. The van der Waals surface area contributed by atoms with Gasteiger partial charge in [-0.3, -0.25) is 9.78 Å². The second kappa shape index (κ2) is 8.67. The topological polar surface area (TPSA) is 66.9 Å². The van der Waals surface area contributed by atoms with Crippen LogP contribution in [0.15, 0.2) is 85.3 Å². The number of aryl methyl sites for hydroxylation is 1. The molecule has 1 amide bonds. The van der Waals surface area contributed by atoms with E-state index in [1.54, 1.807) is 35.9 Å². The molecule has 0 bridgehead atoms. The first-order valence-corrected chi connectivity index (χ1v) is 10.1. The number of aromatic nitrogens is 2. The lowest BCUT2D eigenvalue weighted by Gasteiger charge is -2.20. The van der Waals surface area contributed by atoms with Crippen LogP contribution in [0, 0.1) is 6.92 Å². The van der Waals surface area contributed by atoms with Crippen molar-refractivity contribution in [1.29, 1.82) is 0 Å². The highest BCUT2D eigenvalue weighted by molar-refractivity contribution is 7.16. The number of nitrogens with zero attached hydrogens (tertiary/aromatic N) is 2. The van der Waals surface area contributed by atoms with Gasteiger partial charge in [0.2, 0.25) is 0 Å². The first kappa shape index (κ1) is 18.8.